The van der Waals surface area contributed by atoms with E-state index in [1.54, 1.807) is 0 Å². The van der Waals surface area contributed by atoms with E-state index in [0.717, 1.165) is 5.92 Å². The van der Waals surface area contributed by atoms with Crippen LogP contribution in [0, 0.1) is 5.92 Å². The van der Waals surface area contributed by atoms with Crippen molar-refractivity contribution in [1.29, 1.82) is 0 Å². The Morgan fingerprint density at radius 1 is 0.722 bits per heavy atom. The van der Waals surface area contributed by atoms with E-state index in [1.165, 1.54) is 64.2 Å². The Kier molecular flexibility index (Phi) is 19.1. The van der Waals surface area contributed by atoms with Crippen molar-refractivity contribution in [1.82, 2.24) is 0 Å². The molecule has 0 aliphatic heterocycles. The van der Waals surface area contributed by atoms with E-state index in [1.807, 2.05) is 13.8 Å². The molecule has 0 aliphatic carbocycles. The topological polar surface area (TPSA) is 26.0 Å². The van der Waals surface area contributed by atoms with Gasteiger partial charge in [0, 0.05) is 6.04 Å². The van der Waals surface area contributed by atoms with E-state index in [2.05, 4.69) is 20.8 Å². The molecule has 1 nitrogen and oxygen atoms in total. The van der Waals surface area contributed by atoms with Gasteiger partial charge in [-0.1, -0.05) is 86.0 Å². The third-order valence-corrected chi connectivity index (χ3v) is 3.48. The van der Waals surface area contributed by atoms with Crippen molar-refractivity contribution >= 4 is 0 Å². The Morgan fingerprint density at radius 2 is 1.22 bits per heavy atom. The molecule has 0 saturated heterocycles. The molecule has 0 heterocycles. The molecule has 18 heavy (non-hydrogen) atoms. The van der Waals surface area contributed by atoms with Gasteiger partial charge in [0.05, 0.1) is 0 Å². The molecule has 0 amide bonds. The molecule has 0 fully saturated rings. The van der Waals surface area contributed by atoms with Crippen molar-refractivity contribution in [3.8, 4) is 0 Å². The number of nitrogens with two attached hydrogens (primary N) is 1. The van der Waals surface area contributed by atoms with Crippen molar-refractivity contribution in [3.05, 3.63) is 0 Å². The quantitative estimate of drug-likeness (QED) is 0.457. The Bertz CT molecular complexity index is 134. The van der Waals surface area contributed by atoms with Gasteiger partial charge in [-0.05, 0) is 18.8 Å². The van der Waals surface area contributed by atoms with Gasteiger partial charge in [-0.25, -0.2) is 0 Å². The molecule has 1 heteroatoms. The average molecular weight is 258 g/mol. The van der Waals surface area contributed by atoms with Crippen LogP contribution in [-0.4, -0.2) is 6.04 Å². The molecule has 0 aromatic heterocycles. The van der Waals surface area contributed by atoms with Gasteiger partial charge in [0.25, 0.3) is 0 Å². The minimum absolute atomic E-state index is 0.466. The van der Waals surface area contributed by atoms with Crippen molar-refractivity contribution in [2.24, 2.45) is 11.7 Å². The van der Waals surface area contributed by atoms with Crippen LogP contribution in [0.1, 0.15) is 98.8 Å². The molecule has 0 aliphatic rings. The molecule has 0 aromatic rings. The van der Waals surface area contributed by atoms with Crippen LogP contribution < -0.4 is 5.73 Å². The maximum atomic E-state index is 6.09. The first-order chi connectivity index (χ1) is 8.70. The summed E-state index contributed by atoms with van der Waals surface area (Å²) in [6.07, 6.45) is 13.3. The summed E-state index contributed by atoms with van der Waals surface area (Å²) >= 11 is 0. The number of rotatable bonds is 11. The van der Waals surface area contributed by atoms with Crippen LogP contribution in [0.3, 0.4) is 0 Å². The van der Waals surface area contributed by atoms with E-state index < -0.39 is 0 Å². The number of hydrogen-bond acceptors (Lipinski definition) is 1. The van der Waals surface area contributed by atoms with E-state index in [-0.39, 0.29) is 0 Å². The summed E-state index contributed by atoms with van der Waals surface area (Å²) in [7, 11) is 0. The van der Waals surface area contributed by atoms with E-state index in [4.69, 9.17) is 5.73 Å². The fraction of sp³-hybridized carbons (Fsp3) is 1.00. The van der Waals surface area contributed by atoms with Crippen LogP contribution in [0.2, 0.25) is 0 Å². The summed E-state index contributed by atoms with van der Waals surface area (Å²) in [4.78, 5) is 0. The first-order valence-electron chi connectivity index (χ1n) is 8.46. The SMILES string of the molecule is CC.CCCCCC(N)CCCCC(C)CCC. The molecular formula is C17H39N. The summed E-state index contributed by atoms with van der Waals surface area (Å²) < 4.78 is 0. The summed E-state index contributed by atoms with van der Waals surface area (Å²) in [6, 6.07) is 0.466. The lowest BCUT2D eigenvalue weighted by atomic mass is 9.96. The first kappa shape index (κ1) is 20.3. The van der Waals surface area contributed by atoms with Gasteiger partial charge >= 0.3 is 0 Å². The van der Waals surface area contributed by atoms with Crippen LogP contribution in [0.5, 0.6) is 0 Å². The first-order valence-corrected chi connectivity index (χ1v) is 8.46. The average Bonchev–Trinajstić information content (AvgIpc) is 2.38. The van der Waals surface area contributed by atoms with Gasteiger partial charge in [0.1, 0.15) is 0 Å². The summed E-state index contributed by atoms with van der Waals surface area (Å²) in [5.74, 6) is 0.918. The molecular weight excluding hydrogens is 218 g/mol. The molecule has 0 saturated carbocycles. The molecule has 0 rings (SSSR count). The van der Waals surface area contributed by atoms with Gasteiger partial charge < -0.3 is 5.73 Å². The summed E-state index contributed by atoms with van der Waals surface area (Å²) in [5.41, 5.74) is 6.09. The lowest BCUT2D eigenvalue weighted by molar-refractivity contribution is 0.436. The third kappa shape index (κ3) is 16.0. The van der Waals surface area contributed by atoms with Crippen molar-refractivity contribution < 1.29 is 0 Å². The highest BCUT2D eigenvalue weighted by Gasteiger charge is 2.04. The highest BCUT2D eigenvalue weighted by molar-refractivity contribution is 4.62. The predicted octanol–water partition coefficient (Wildman–Crippen LogP) is 5.92. The zero-order valence-corrected chi connectivity index (χ0v) is 13.8. The zero-order valence-electron chi connectivity index (χ0n) is 13.8. The van der Waals surface area contributed by atoms with Crippen LogP contribution in [0.25, 0.3) is 0 Å². The zero-order chi connectivity index (χ0) is 14.2. The Labute approximate surface area is 117 Å². The standard InChI is InChI=1S/C15H33N.C2H6/c1-4-6-7-12-15(16)13-9-8-11-14(3)10-5-2;1-2/h14-15H,4-13,16H2,1-3H3;1-2H3. The van der Waals surface area contributed by atoms with E-state index in [0.29, 0.717) is 6.04 Å². The Balaban J connectivity index is 0. The minimum Gasteiger partial charge on any atom is -0.328 e. The molecule has 112 valence electrons. The van der Waals surface area contributed by atoms with Crippen molar-refractivity contribution in [2.45, 2.75) is 105 Å². The second kappa shape index (κ2) is 17.0. The van der Waals surface area contributed by atoms with Crippen LogP contribution in [0.4, 0.5) is 0 Å². The predicted molar refractivity (Wildman–Crippen MR) is 86.0 cm³/mol. The van der Waals surface area contributed by atoms with E-state index >= 15 is 0 Å². The largest absolute Gasteiger partial charge is 0.328 e. The second-order valence-electron chi connectivity index (χ2n) is 5.43. The van der Waals surface area contributed by atoms with Gasteiger partial charge in [-0.3, -0.25) is 0 Å². The molecule has 0 radical (unpaired) electrons. The Morgan fingerprint density at radius 3 is 1.72 bits per heavy atom. The number of unbranched alkanes of at least 4 members (excludes halogenated alkanes) is 3. The maximum absolute atomic E-state index is 6.09. The number of hydrogen-bond donors (Lipinski definition) is 1. The van der Waals surface area contributed by atoms with Gasteiger partial charge in [-0.15, -0.1) is 0 Å². The summed E-state index contributed by atoms with van der Waals surface area (Å²) in [6.45, 7) is 10.9. The third-order valence-electron chi connectivity index (χ3n) is 3.48. The molecule has 0 bridgehead atoms. The second-order valence-corrected chi connectivity index (χ2v) is 5.43. The van der Waals surface area contributed by atoms with Gasteiger partial charge in [-0.2, -0.15) is 0 Å². The van der Waals surface area contributed by atoms with Crippen molar-refractivity contribution in [3.63, 3.8) is 0 Å². The Hall–Kier alpha value is -0.0400. The van der Waals surface area contributed by atoms with Crippen LogP contribution in [-0.2, 0) is 0 Å². The fourth-order valence-corrected chi connectivity index (χ4v) is 2.34. The lowest BCUT2D eigenvalue weighted by Crippen LogP contribution is -2.19. The fourth-order valence-electron chi connectivity index (χ4n) is 2.34. The lowest BCUT2D eigenvalue weighted by Gasteiger charge is -2.12. The van der Waals surface area contributed by atoms with Crippen LogP contribution in [0.15, 0.2) is 0 Å². The van der Waals surface area contributed by atoms with E-state index in [9.17, 15) is 0 Å². The highest BCUT2D eigenvalue weighted by Crippen LogP contribution is 2.15. The van der Waals surface area contributed by atoms with Crippen LogP contribution >= 0.6 is 0 Å². The highest BCUT2D eigenvalue weighted by atomic mass is 14.6. The minimum atomic E-state index is 0.466. The molecule has 0 aromatic carbocycles. The normalized spacial score (nSPS) is 13.7. The molecule has 2 N–H and O–H groups in total. The monoisotopic (exact) mass is 257 g/mol. The van der Waals surface area contributed by atoms with Crippen molar-refractivity contribution in [2.75, 3.05) is 0 Å². The van der Waals surface area contributed by atoms with Gasteiger partial charge in [0.15, 0.2) is 0 Å². The summed E-state index contributed by atoms with van der Waals surface area (Å²) in [5, 5.41) is 0. The maximum Gasteiger partial charge on any atom is 0.00388 e. The molecule has 0 spiro atoms. The van der Waals surface area contributed by atoms with Gasteiger partial charge in [0.2, 0.25) is 0 Å². The molecule has 2 atom stereocenters. The molecule has 2 unspecified atom stereocenters. The smallest absolute Gasteiger partial charge is 0.00388 e.